The monoisotopic (exact) mass is 538 g/mol. The molecule has 2 aliphatic rings. The second kappa shape index (κ2) is 11.5. The molecule has 0 spiro atoms. The lowest BCUT2D eigenvalue weighted by Crippen LogP contribution is -2.60. The van der Waals surface area contributed by atoms with Crippen LogP contribution in [0, 0.1) is 0 Å². The maximum absolute atomic E-state index is 13.2. The summed E-state index contributed by atoms with van der Waals surface area (Å²) in [6.45, 7) is 5.10. The topological polar surface area (TPSA) is 176 Å². The molecule has 0 radical (unpaired) electrons. The second-order valence-corrected chi connectivity index (χ2v) is 8.30. The highest BCUT2D eigenvalue weighted by Crippen LogP contribution is 2.51. The van der Waals surface area contributed by atoms with Crippen LogP contribution in [0.3, 0.4) is 0 Å². The van der Waals surface area contributed by atoms with Gasteiger partial charge in [0.2, 0.25) is 5.75 Å². The zero-order valence-electron chi connectivity index (χ0n) is 21.4. The van der Waals surface area contributed by atoms with Gasteiger partial charge >= 0.3 is 35.8 Å². The Labute approximate surface area is 216 Å². The molecule has 38 heavy (non-hydrogen) atoms. The zero-order chi connectivity index (χ0) is 28.3. The Morgan fingerprint density at radius 3 is 1.95 bits per heavy atom. The van der Waals surface area contributed by atoms with Gasteiger partial charge in [0.1, 0.15) is 18.8 Å². The summed E-state index contributed by atoms with van der Waals surface area (Å²) in [6, 6.07) is 1.14. The molecule has 3 rings (SSSR count). The Morgan fingerprint density at radius 1 is 0.816 bits per heavy atom. The van der Waals surface area contributed by atoms with Gasteiger partial charge in [-0.25, -0.2) is 4.79 Å². The van der Waals surface area contributed by atoms with Gasteiger partial charge in [-0.05, 0) is 6.07 Å². The Kier molecular flexibility index (Phi) is 8.56. The normalized spacial score (nSPS) is 23.5. The van der Waals surface area contributed by atoms with Crippen molar-refractivity contribution in [3.8, 4) is 17.2 Å². The molecule has 1 fully saturated rings. The zero-order valence-corrected chi connectivity index (χ0v) is 21.4. The summed E-state index contributed by atoms with van der Waals surface area (Å²) < 4.78 is 43.3. The molecular weight excluding hydrogens is 512 g/mol. The number of hydrogen-bond acceptors (Lipinski definition) is 14. The fourth-order valence-corrected chi connectivity index (χ4v) is 4.21. The quantitative estimate of drug-likeness (QED) is 0.272. The van der Waals surface area contributed by atoms with Crippen molar-refractivity contribution >= 4 is 35.8 Å². The number of ether oxygens (including phenoxy) is 8. The molecule has 0 bridgehead atoms. The van der Waals surface area contributed by atoms with E-state index in [-0.39, 0.29) is 28.4 Å². The average molecular weight is 538 g/mol. The van der Waals surface area contributed by atoms with Crippen molar-refractivity contribution in [3.05, 3.63) is 17.2 Å². The minimum absolute atomic E-state index is 0.0551. The first-order valence-corrected chi connectivity index (χ1v) is 11.3. The predicted molar refractivity (Wildman–Crippen MR) is 120 cm³/mol. The molecule has 2 heterocycles. The predicted octanol–water partition coefficient (Wildman–Crippen LogP) is 0.951. The summed E-state index contributed by atoms with van der Waals surface area (Å²) in [7, 11) is 1.21. The van der Waals surface area contributed by atoms with Crippen molar-refractivity contribution in [3.63, 3.8) is 0 Å². The highest BCUT2D eigenvalue weighted by molar-refractivity contribution is 5.96. The fourth-order valence-electron chi connectivity index (χ4n) is 4.21. The van der Waals surface area contributed by atoms with Crippen LogP contribution in [0.5, 0.6) is 17.2 Å². The number of rotatable bonds is 7. The molecule has 0 amide bonds. The minimum Gasteiger partial charge on any atom is -0.490 e. The summed E-state index contributed by atoms with van der Waals surface area (Å²) in [4.78, 5) is 72.3. The van der Waals surface area contributed by atoms with E-state index in [0.29, 0.717) is 0 Å². The molecular formula is C24H26O14. The summed E-state index contributed by atoms with van der Waals surface area (Å²) in [5, 5.41) is 0. The molecule has 0 unspecified atom stereocenters. The van der Waals surface area contributed by atoms with Gasteiger partial charge in [0, 0.05) is 40.2 Å². The molecule has 0 aliphatic carbocycles. The Bertz CT molecular complexity index is 1170. The van der Waals surface area contributed by atoms with E-state index < -0.39 is 72.9 Å². The van der Waals surface area contributed by atoms with Crippen LogP contribution in [0.4, 0.5) is 0 Å². The van der Waals surface area contributed by atoms with Crippen LogP contribution in [0.2, 0.25) is 0 Å². The first kappa shape index (κ1) is 28.4. The third kappa shape index (κ3) is 6.02. The Morgan fingerprint density at radius 2 is 1.42 bits per heavy atom. The van der Waals surface area contributed by atoms with E-state index in [9.17, 15) is 28.8 Å². The van der Waals surface area contributed by atoms with Crippen LogP contribution in [-0.4, -0.2) is 73.9 Å². The molecule has 14 nitrogen and oxygen atoms in total. The van der Waals surface area contributed by atoms with Gasteiger partial charge in [0.15, 0.2) is 29.8 Å². The van der Waals surface area contributed by atoms with Gasteiger partial charge in [-0.3, -0.25) is 24.0 Å². The molecule has 1 aromatic rings. The summed E-state index contributed by atoms with van der Waals surface area (Å²) in [5.74, 6) is -5.59. The van der Waals surface area contributed by atoms with Gasteiger partial charge in [0.25, 0.3) is 0 Å². The summed E-state index contributed by atoms with van der Waals surface area (Å²) in [6.07, 6.45) is -6.71. The van der Waals surface area contributed by atoms with Gasteiger partial charge in [-0.2, -0.15) is 0 Å². The first-order valence-electron chi connectivity index (χ1n) is 11.3. The van der Waals surface area contributed by atoms with E-state index in [4.69, 9.17) is 37.9 Å². The summed E-state index contributed by atoms with van der Waals surface area (Å²) >= 11 is 0. The lowest BCUT2D eigenvalue weighted by Gasteiger charge is -2.46. The Balaban J connectivity index is 2.26. The SMILES string of the molecule is COc1c(OC(C)=O)cc2c(c1OC(C)=O)[C@@H]1O[C@H](COC(C)=O)[C@@H](OC(C)=O)[C@H](OC(C)=O)[C@H]1OC2=O. The molecule has 0 N–H and O–H groups in total. The van der Waals surface area contributed by atoms with Crippen LogP contribution in [-0.2, 0) is 47.7 Å². The molecule has 5 atom stereocenters. The van der Waals surface area contributed by atoms with E-state index in [1.54, 1.807) is 0 Å². The van der Waals surface area contributed by atoms with Crippen LogP contribution in [0.15, 0.2) is 6.07 Å². The number of carbonyl (C=O) groups is 6. The van der Waals surface area contributed by atoms with E-state index in [1.807, 2.05) is 0 Å². The number of carbonyl (C=O) groups excluding carboxylic acids is 6. The van der Waals surface area contributed by atoms with E-state index in [0.717, 1.165) is 40.7 Å². The number of benzene rings is 1. The third-order valence-electron chi connectivity index (χ3n) is 5.38. The smallest absolute Gasteiger partial charge is 0.339 e. The van der Waals surface area contributed by atoms with Crippen molar-refractivity contribution in [2.45, 2.75) is 65.1 Å². The largest absolute Gasteiger partial charge is 0.490 e. The van der Waals surface area contributed by atoms with Crippen molar-refractivity contribution in [2.75, 3.05) is 13.7 Å². The molecule has 0 saturated carbocycles. The van der Waals surface area contributed by atoms with E-state index in [2.05, 4.69) is 0 Å². The standard InChI is InChI=1S/C24H26O14/c1-9(25)32-8-16-19(34-11(3)27)22(36-13(5)29)23-21(37-16)17-14(24(30)38-23)7-15(33-10(2)26)18(31-6)20(17)35-12(4)28/h7,16,19,21-23H,8H2,1-6H3/t16-,19-,21+,22+,23+/m1/s1. The maximum Gasteiger partial charge on any atom is 0.339 e. The van der Waals surface area contributed by atoms with Gasteiger partial charge in [0.05, 0.1) is 12.7 Å². The number of methoxy groups -OCH3 is 1. The van der Waals surface area contributed by atoms with Crippen LogP contribution in [0.25, 0.3) is 0 Å². The fraction of sp³-hybridized carbons (Fsp3) is 0.500. The van der Waals surface area contributed by atoms with Gasteiger partial charge < -0.3 is 37.9 Å². The van der Waals surface area contributed by atoms with Crippen molar-refractivity contribution < 1.29 is 66.7 Å². The van der Waals surface area contributed by atoms with E-state index >= 15 is 0 Å². The van der Waals surface area contributed by atoms with Crippen LogP contribution >= 0.6 is 0 Å². The van der Waals surface area contributed by atoms with E-state index in [1.165, 1.54) is 7.11 Å². The van der Waals surface area contributed by atoms with Crippen molar-refractivity contribution in [1.29, 1.82) is 0 Å². The first-order chi connectivity index (χ1) is 17.8. The van der Waals surface area contributed by atoms with Crippen LogP contribution < -0.4 is 14.2 Å². The highest BCUT2D eigenvalue weighted by Gasteiger charge is 2.56. The lowest BCUT2D eigenvalue weighted by atomic mass is 9.85. The summed E-state index contributed by atoms with van der Waals surface area (Å²) in [5.41, 5.74) is -0.265. The van der Waals surface area contributed by atoms with Gasteiger partial charge in [-0.1, -0.05) is 0 Å². The number of fused-ring (bicyclic) bond motifs is 3. The number of hydrogen-bond donors (Lipinski definition) is 0. The second-order valence-electron chi connectivity index (χ2n) is 8.30. The maximum atomic E-state index is 13.2. The van der Waals surface area contributed by atoms with Gasteiger partial charge in [-0.15, -0.1) is 0 Å². The highest BCUT2D eigenvalue weighted by atomic mass is 16.7. The van der Waals surface area contributed by atoms with Crippen molar-refractivity contribution in [1.82, 2.24) is 0 Å². The van der Waals surface area contributed by atoms with Crippen molar-refractivity contribution in [2.24, 2.45) is 0 Å². The molecule has 206 valence electrons. The molecule has 0 aromatic heterocycles. The Hall–Kier alpha value is -4.20. The third-order valence-corrected chi connectivity index (χ3v) is 5.38. The lowest BCUT2D eigenvalue weighted by molar-refractivity contribution is -0.251. The molecule has 14 heteroatoms. The molecule has 1 saturated heterocycles. The molecule has 1 aromatic carbocycles. The van der Waals surface area contributed by atoms with Crippen LogP contribution in [0.1, 0.15) is 56.6 Å². The minimum atomic E-state index is -1.42. The molecule has 2 aliphatic heterocycles. The average Bonchev–Trinajstić information content (AvgIpc) is 2.78. The number of esters is 6.